The molecule has 1 aromatic carbocycles. The monoisotopic (exact) mass is 443 g/mol. The second-order valence-electron chi connectivity index (χ2n) is 8.30. The van der Waals surface area contributed by atoms with Crippen molar-refractivity contribution in [1.29, 1.82) is 0 Å². The normalized spacial score (nSPS) is 17.5. The van der Waals surface area contributed by atoms with Crippen LogP contribution < -0.4 is 4.74 Å². The van der Waals surface area contributed by atoms with Gasteiger partial charge in [0.1, 0.15) is 11.5 Å². The highest BCUT2D eigenvalue weighted by atomic mass is 16.5. The third-order valence-electron chi connectivity index (χ3n) is 5.35. The van der Waals surface area contributed by atoms with Gasteiger partial charge in [0.25, 0.3) is 11.7 Å². The van der Waals surface area contributed by atoms with Gasteiger partial charge in [-0.1, -0.05) is 19.9 Å². The summed E-state index contributed by atoms with van der Waals surface area (Å²) in [5.74, 6) is -0.569. The third-order valence-corrected chi connectivity index (χ3v) is 5.35. The Morgan fingerprint density at radius 1 is 1.03 bits per heavy atom. The maximum atomic E-state index is 13.1. The number of Topliss-reactive ketones (excluding diaryl/α,β-unsaturated/α-hetero) is 1. The number of pyridine rings is 2. The van der Waals surface area contributed by atoms with Crippen LogP contribution in [0.15, 0.2) is 78.9 Å². The molecule has 3 aromatic rings. The van der Waals surface area contributed by atoms with Crippen LogP contribution in [-0.2, 0) is 16.1 Å². The van der Waals surface area contributed by atoms with Gasteiger partial charge in [0.2, 0.25) is 0 Å². The lowest BCUT2D eigenvalue weighted by molar-refractivity contribution is -0.140. The molecule has 7 nitrogen and oxygen atoms in total. The first-order valence-electron chi connectivity index (χ1n) is 10.8. The number of ketones is 1. The summed E-state index contributed by atoms with van der Waals surface area (Å²) in [6.45, 7) is 4.89. The van der Waals surface area contributed by atoms with E-state index in [2.05, 4.69) is 23.8 Å². The van der Waals surface area contributed by atoms with E-state index in [0.717, 1.165) is 5.56 Å². The van der Waals surface area contributed by atoms with Gasteiger partial charge in [-0.2, -0.15) is 0 Å². The summed E-state index contributed by atoms with van der Waals surface area (Å²) < 4.78 is 5.70. The SMILES string of the molecule is CC(C)COc1ccc(/C(O)=C2/C(=O)C(=O)N(Cc3ccncc3)C2c2cccnc2)cc1. The summed E-state index contributed by atoms with van der Waals surface area (Å²) in [6, 6.07) is 13.2. The molecule has 1 N–H and O–H groups in total. The number of carbonyl (C=O) groups is 2. The smallest absolute Gasteiger partial charge is 0.295 e. The van der Waals surface area contributed by atoms with Gasteiger partial charge >= 0.3 is 0 Å². The van der Waals surface area contributed by atoms with Crippen molar-refractivity contribution in [2.24, 2.45) is 5.92 Å². The molecule has 0 radical (unpaired) electrons. The Hall–Kier alpha value is -4.00. The molecule has 1 fully saturated rings. The number of aliphatic hydroxyl groups is 1. The summed E-state index contributed by atoms with van der Waals surface area (Å²) in [6.07, 6.45) is 6.49. The number of aliphatic hydroxyl groups excluding tert-OH is 1. The molecule has 1 aliphatic heterocycles. The number of hydrogen-bond donors (Lipinski definition) is 1. The van der Waals surface area contributed by atoms with Gasteiger partial charge in [0.05, 0.1) is 18.2 Å². The van der Waals surface area contributed by atoms with E-state index < -0.39 is 17.7 Å². The summed E-state index contributed by atoms with van der Waals surface area (Å²) in [4.78, 5) is 35.7. The fourth-order valence-corrected chi connectivity index (χ4v) is 3.74. The van der Waals surface area contributed by atoms with Gasteiger partial charge in [-0.25, -0.2) is 0 Å². The molecule has 1 aliphatic rings. The number of carbonyl (C=O) groups excluding carboxylic acids is 2. The largest absolute Gasteiger partial charge is 0.507 e. The molecular weight excluding hydrogens is 418 g/mol. The highest BCUT2D eigenvalue weighted by molar-refractivity contribution is 6.46. The Labute approximate surface area is 192 Å². The van der Waals surface area contributed by atoms with Crippen LogP contribution in [0, 0.1) is 5.92 Å². The quantitative estimate of drug-likeness (QED) is 0.335. The molecule has 4 rings (SSSR count). The lowest BCUT2D eigenvalue weighted by atomic mass is 9.96. The number of aromatic nitrogens is 2. The Morgan fingerprint density at radius 3 is 2.39 bits per heavy atom. The van der Waals surface area contributed by atoms with Crippen molar-refractivity contribution in [2.75, 3.05) is 6.61 Å². The Morgan fingerprint density at radius 2 is 1.76 bits per heavy atom. The van der Waals surface area contributed by atoms with Crippen molar-refractivity contribution < 1.29 is 19.4 Å². The highest BCUT2D eigenvalue weighted by Crippen LogP contribution is 2.40. The van der Waals surface area contributed by atoms with Crippen molar-refractivity contribution in [3.63, 3.8) is 0 Å². The van der Waals surface area contributed by atoms with Crippen LogP contribution in [0.25, 0.3) is 5.76 Å². The number of benzene rings is 1. The van der Waals surface area contributed by atoms with E-state index in [1.165, 1.54) is 4.90 Å². The Kier molecular flexibility index (Phi) is 6.49. The molecule has 2 aromatic heterocycles. The molecule has 1 unspecified atom stereocenters. The Balaban J connectivity index is 1.74. The van der Waals surface area contributed by atoms with Gasteiger partial charge in [-0.3, -0.25) is 19.6 Å². The number of ether oxygens (including phenoxy) is 1. The van der Waals surface area contributed by atoms with Gasteiger partial charge in [-0.05, 0) is 59.5 Å². The van der Waals surface area contributed by atoms with Gasteiger partial charge in [0, 0.05) is 36.9 Å². The summed E-state index contributed by atoms with van der Waals surface area (Å²) in [5.41, 5.74) is 1.94. The fourth-order valence-electron chi connectivity index (χ4n) is 3.74. The maximum absolute atomic E-state index is 13.1. The number of amides is 1. The predicted octanol–water partition coefficient (Wildman–Crippen LogP) is 4.13. The third kappa shape index (κ3) is 4.77. The fraction of sp³-hybridized carbons (Fsp3) is 0.231. The van der Waals surface area contributed by atoms with E-state index in [4.69, 9.17) is 4.74 Å². The molecule has 1 atom stereocenters. The zero-order valence-electron chi connectivity index (χ0n) is 18.5. The lowest BCUT2D eigenvalue weighted by Gasteiger charge is -2.25. The maximum Gasteiger partial charge on any atom is 0.295 e. The van der Waals surface area contributed by atoms with Gasteiger partial charge < -0.3 is 14.7 Å². The number of likely N-dealkylation sites (tertiary alicyclic amines) is 1. The van der Waals surface area contributed by atoms with Crippen molar-refractivity contribution in [3.8, 4) is 5.75 Å². The summed E-state index contributed by atoms with van der Waals surface area (Å²) >= 11 is 0. The van der Waals surface area contributed by atoms with Gasteiger partial charge in [-0.15, -0.1) is 0 Å². The molecule has 0 bridgehead atoms. The zero-order chi connectivity index (χ0) is 23.4. The molecule has 3 heterocycles. The van der Waals surface area contributed by atoms with Crippen molar-refractivity contribution in [3.05, 3.63) is 95.6 Å². The van der Waals surface area contributed by atoms with Crippen molar-refractivity contribution >= 4 is 17.4 Å². The van der Waals surface area contributed by atoms with E-state index >= 15 is 0 Å². The second kappa shape index (κ2) is 9.65. The molecule has 0 spiro atoms. The first kappa shape index (κ1) is 22.2. The number of rotatable bonds is 7. The van der Waals surface area contributed by atoms with Gasteiger partial charge in [0.15, 0.2) is 0 Å². The average Bonchev–Trinajstić information content (AvgIpc) is 3.09. The molecule has 0 saturated carbocycles. The van der Waals surface area contributed by atoms with E-state index in [1.54, 1.807) is 73.3 Å². The van der Waals surface area contributed by atoms with E-state index in [-0.39, 0.29) is 17.9 Å². The van der Waals surface area contributed by atoms with E-state index in [0.29, 0.717) is 29.4 Å². The van der Waals surface area contributed by atoms with Crippen LogP contribution in [0.3, 0.4) is 0 Å². The molecule has 0 aliphatic carbocycles. The minimum atomic E-state index is -0.760. The van der Waals surface area contributed by atoms with Crippen LogP contribution in [0.2, 0.25) is 0 Å². The van der Waals surface area contributed by atoms with E-state index in [9.17, 15) is 14.7 Å². The first-order valence-corrected chi connectivity index (χ1v) is 10.8. The molecule has 1 amide bonds. The molecule has 168 valence electrons. The number of hydrogen-bond acceptors (Lipinski definition) is 6. The second-order valence-corrected chi connectivity index (χ2v) is 8.30. The lowest BCUT2D eigenvalue weighted by Crippen LogP contribution is -2.29. The molecule has 7 heteroatoms. The van der Waals surface area contributed by atoms with E-state index in [1.807, 2.05) is 0 Å². The Bertz CT molecular complexity index is 1160. The van der Waals surface area contributed by atoms with Crippen LogP contribution in [0.1, 0.15) is 36.6 Å². The minimum absolute atomic E-state index is 0.0397. The zero-order valence-corrected chi connectivity index (χ0v) is 18.5. The first-order chi connectivity index (χ1) is 16.0. The van der Waals surface area contributed by atoms with Crippen LogP contribution in [0.5, 0.6) is 5.75 Å². The van der Waals surface area contributed by atoms with Crippen LogP contribution >= 0.6 is 0 Å². The molecular formula is C26H25N3O4. The average molecular weight is 444 g/mol. The predicted molar refractivity (Wildman–Crippen MR) is 123 cm³/mol. The van der Waals surface area contributed by atoms with Crippen molar-refractivity contribution in [1.82, 2.24) is 14.9 Å². The van der Waals surface area contributed by atoms with Crippen LogP contribution in [-0.4, -0.2) is 38.3 Å². The standard InChI is InChI=1S/C26H25N3O4/c1-17(2)16-33-21-7-5-19(6-8-21)24(30)22-23(20-4-3-11-28-14-20)29(26(32)25(22)31)15-18-9-12-27-13-10-18/h3-14,17,23,30H,15-16H2,1-2H3/b24-22-. The van der Waals surface area contributed by atoms with Crippen LogP contribution in [0.4, 0.5) is 0 Å². The number of nitrogens with zero attached hydrogens (tertiary/aromatic N) is 3. The molecule has 1 saturated heterocycles. The topological polar surface area (TPSA) is 92.6 Å². The summed E-state index contributed by atoms with van der Waals surface area (Å²) in [5, 5.41) is 11.1. The van der Waals surface area contributed by atoms with Crippen molar-refractivity contribution in [2.45, 2.75) is 26.4 Å². The molecule has 33 heavy (non-hydrogen) atoms. The minimum Gasteiger partial charge on any atom is -0.507 e. The highest BCUT2D eigenvalue weighted by Gasteiger charge is 2.46. The summed E-state index contributed by atoms with van der Waals surface area (Å²) in [7, 11) is 0.